The molecule has 0 aromatic rings. The molecule has 0 aromatic heterocycles. The normalized spacial score (nSPS) is 26.5. The van der Waals surface area contributed by atoms with Crippen molar-refractivity contribution in [1.82, 2.24) is 15.1 Å². The van der Waals surface area contributed by atoms with E-state index in [2.05, 4.69) is 10.2 Å². The summed E-state index contributed by atoms with van der Waals surface area (Å²) in [4.78, 5) is 15.8. The van der Waals surface area contributed by atoms with Gasteiger partial charge in [-0.2, -0.15) is 0 Å². The Labute approximate surface area is 108 Å². The number of hydrogen-bond donors (Lipinski definition) is 1. The highest BCUT2D eigenvalue weighted by Crippen LogP contribution is 2.12. The quantitative estimate of drug-likeness (QED) is 0.681. The van der Waals surface area contributed by atoms with Crippen molar-refractivity contribution in [2.75, 3.05) is 51.3 Å². The summed E-state index contributed by atoms with van der Waals surface area (Å²) in [6.45, 7) is 5.08. The third-order valence-electron chi connectivity index (χ3n) is 3.60. The van der Waals surface area contributed by atoms with Gasteiger partial charge in [0.2, 0.25) is 5.91 Å². The fraction of sp³-hybridized carbons (Fsp3) is 0.909. The number of carbonyl (C=O) groups is 1. The number of nitrogens with one attached hydrogen (secondary N) is 1. The van der Waals surface area contributed by atoms with Crippen LogP contribution in [0.25, 0.3) is 0 Å². The summed E-state index contributed by atoms with van der Waals surface area (Å²) < 4.78 is 22.2. The maximum Gasteiger partial charge on any atom is 0.237 e. The number of piperazine rings is 1. The molecule has 0 aromatic carbocycles. The fourth-order valence-electron chi connectivity index (χ4n) is 2.60. The van der Waals surface area contributed by atoms with Gasteiger partial charge in [0.1, 0.15) is 5.75 Å². The van der Waals surface area contributed by atoms with E-state index in [0.29, 0.717) is 19.1 Å². The number of carbonyl (C=O) groups excluding carboxylic acids is 1. The Kier molecular flexibility index (Phi) is 4.24. The lowest BCUT2D eigenvalue weighted by molar-refractivity contribution is -0.130. The van der Waals surface area contributed by atoms with Crippen LogP contribution in [0.3, 0.4) is 0 Å². The van der Waals surface area contributed by atoms with E-state index in [1.165, 1.54) is 0 Å². The monoisotopic (exact) mass is 275 g/mol. The van der Waals surface area contributed by atoms with E-state index in [4.69, 9.17) is 0 Å². The Morgan fingerprint density at radius 1 is 1.28 bits per heavy atom. The molecule has 7 heteroatoms. The Hall–Kier alpha value is -0.660. The van der Waals surface area contributed by atoms with E-state index < -0.39 is 9.84 Å². The van der Waals surface area contributed by atoms with Crippen molar-refractivity contribution >= 4 is 15.7 Å². The topological polar surface area (TPSA) is 69.7 Å². The second-order valence-corrected chi connectivity index (χ2v) is 7.27. The van der Waals surface area contributed by atoms with Crippen LogP contribution >= 0.6 is 0 Å². The van der Waals surface area contributed by atoms with E-state index in [1.807, 2.05) is 0 Å². The Bertz CT molecular complexity index is 396. The van der Waals surface area contributed by atoms with Gasteiger partial charge in [0.05, 0.1) is 0 Å². The van der Waals surface area contributed by atoms with Gasteiger partial charge in [0.25, 0.3) is 0 Å². The average Bonchev–Trinajstić information content (AvgIpc) is 2.80. The highest BCUT2D eigenvalue weighted by Gasteiger charge is 2.28. The maximum absolute atomic E-state index is 11.8. The van der Waals surface area contributed by atoms with Crippen LogP contribution in [0, 0.1) is 0 Å². The summed E-state index contributed by atoms with van der Waals surface area (Å²) in [7, 11) is -3.22. The highest BCUT2D eigenvalue weighted by molar-refractivity contribution is 7.91. The molecule has 0 spiro atoms. The molecule has 2 fully saturated rings. The van der Waals surface area contributed by atoms with Crippen molar-refractivity contribution in [1.29, 1.82) is 0 Å². The Morgan fingerprint density at radius 3 is 2.44 bits per heavy atom. The zero-order valence-electron chi connectivity index (χ0n) is 10.8. The largest absolute Gasteiger partial charge is 0.339 e. The lowest BCUT2D eigenvalue weighted by Gasteiger charge is -2.37. The van der Waals surface area contributed by atoms with Gasteiger partial charge in [-0.1, -0.05) is 0 Å². The number of sulfone groups is 1. The molecule has 1 amide bonds. The van der Waals surface area contributed by atoms with Crippen molar-refractivity contribution in [3.05, 3.63) is 0 Å². The molecule has 0 aliphatic carbocycles. The molecular formula is C11H21N3O3S. The molecular weight excluding hydrogens is 254 g/mol. The van der Waals surface area contributed by atoms with Crippen LogP contribution in [0.5, 0.6) is 0 Å². The standard InChI is InChI=1S/C11H21N3O3S/c1-18(16,17)9-11(15)14-6-4-13(5-7-14)10-2-3-12-8-10/h10,12H,2-9H2,1H3. The molecule has 0 saturated carbocycles. The smallest absolute Gasteiger partial charge is 0.237 e. The molecule has 0 bridgehead atoms. The van der Waals surface area contributed by atoms with E-state index >= 15 is 0 Å². The molecule has 2 rings (SSSR count). The first-order chi connectivity index (χ1) is 8.46. The first kappa shape index (κ1) is 13.8. The minimum Gasteiger partial charge on any atom is -0.339 e. The van der Waals surface area contributed by atoms with Crippen LogP contribution in [0.2, 0.25) is 0 Å². The van der Waals surface area contributed by atoms with Crippen LogP contribution in [0.1, 0.15) is 6.42 Å². The molecule has 0 radical (unpaired) electrons. The minimum absolute atomic E-state index is 0.262. The minimum atomic E-state index is -3.22. The SMILES string of the molecule is CS(=O)(=O)CC(=O)N1CCN(C2CCNC2)CC1. The number of nitrogens with zero attached hydrogens (tertiary/aromatic N) is 2. The second kappa shape index (κ2) is 5.54. The van der Waals surface area contributed by atoms with Gasteiger partial charge in [-0.3, -0.25) is 9.69 Å². The van der Waals surface area contributed by atoms with Crippen molar-refractivity contribution in [2.24, 2.45) is 0 Å². The lowest BCUT2D eigenvalue weighted by atomic mass is 10.2. The second-order valence-electron chi connectivity index (χ2n) is 5.13. The average molecular weight is 275 g/mol. The number of rotatable bonds is 3. The number of amides is 1. The van der Waals surface area contributed by atoms with Gasteiger partial charge >= 0.3 is 0 Å². The number of hydrogen-bond acceptors (Lipinski definition) is 5. The summed E-state index contributed by atoms with van der Waals surface area (Å²) in [6.07, 6.45) is 2.27. The van der Waals surface area contributed by atoms with Crippen LogP contribution in [0.4, 0.5) is 0 Å². The molecule has 1 atom stereocenters. The zero-order valence-corrected chi connectivity index (χ0v) is 11.6. The summed E-state index contributed by atoms with van der Waals surface area (Å²) in [5.41, 5.74) is 0. The third kappa shape index (κ3) is 3.66. The van der Waals surface area contributed by atoms with Gasteiger partial charge in [-0.25, -0.2) is 8.42 Å². The van der Waals surface area contributed by atoms with Crippen molar-refractivity contribution in [2.45, 2.75) is 12.5 Å². The summed E-state index contributed by atoms with van der Waals surface area (Å²) in [5, 5.41) is 3.33. The van der Waals surface area contributed by atoms with E-state index in [0.717, 1.165) is 38.9 Å². The predicted octanol–water partition coefficient (Wildman–Crippen LogP) is -1.46. The van der Waals surface area contributed by atoms with Gasteiger partial charge in [-0.05, 0) is 13.0 Å². The Balaban J connectivity index is 1.81. The van der Waals surface area contributed by atoms with Crippen LogP contribution < -0.4 is 5.32 Å². The maximum atomic E-state index is 11.8. The molecule has 2 heterocycles. The first-order valence-corrected chi connectivity index (χ1v) is 8.42. The first-order valence-electron chi connectivity index (χ1n) is 6.36. The van der Waals surface area contributed by atoms with Crippen LogP contribution in [-0.2, 0) is 14.6 Å². The fourth-order valence-corrected chi connectivity index (χ4v) is 3.23. The molecule has 104 valence electrons. The molecule has 18 heavy (non-hydrogen) atoms. The third-order valence-corrected chi connectivity index (χ3v) is 4.37. The highest BCUT2D eigenvalue weighted by atomic mass is 32.2. The molecule has 2 saturated heterocycles. The summed E-state index contributed by atoms with van der Waals surface area (Å²) >= 11 is 0. The van der Waals surface area contributed by atoms with E-state index in [9.17, 15) is 13.2 Å². The van der Waals surface area contributed by atoms with Gasteiger partial charge in [0, 0.05) is 45.0 Å². The molecule has 6 nitrogen and oxygen atoms in total. The van der Waals surface area contributed by atoms with Gasteiger partial charge < -0.3 is 10.2 Å². The predicted molar refractivity (Wildman–Crippen MR) is 69.1 cm³/mol. The van der Waals surface area contributed by atoms with Gasteiger partial charge in [-0.15, -0.1) is 0 Å². The molecule has 2 aliphatic heterocycles. The van der Waals surface area contributed by atoms with Crippen molar-refractivity contribution in [3.8, 4) is 0 Å². The molecule has 1 unspecified atom stereocenters. The Morgan fingerprint density at radius 2 is 1.94 bits per heavy atom. The van der Waals surface area contributed by atoms with Crippen LogP contribution in [0.15, 0.2) is 0 Å². The van der Waals surface area contributed by atoms with Crippen LogP contribution in [-0.4, -0.2) is 81.4 Å². The zero-order chi connectivity index (χ0) is 13.2. The van der Waals surface area contributed by atoms with Crippen molar-refractivity contribution < 1.29 is 13.2 Å². The van der Waals surface area contributed by atoms with Crippen molar-refractivity contribution in [3.63, 3.8) is 0 Å². The molecule has 2 aliphatic rings. The summed E-state index contributed by atoms with van der Waals surface area (Å²) in [5.74, 6) is -0.625. The molecule has 1 N–H and O–H groups in total. The lowest BCUT2D eigenvalue weighted by Crippen LogP contribution is -2.53. The van der Waals surface area contributed by atoms with Gasteiger partial charge in [0.15, 0.2) is 9.84 Å². The van der Waals surface area contributed by atoms with E-state index in [1.54, 1.807) is 4.90 Å². The van der Waals surface area contributed by atoms with E-state index in [-0.39, 0.29) is 11.7 Å². The summed E-state index contributed by atoms with van der Waals surface area (Å²) in [6, 6.07) is 0.581.